The minimum absolute atomic E-state index is 0.125. The number of aryl methyl sites for hydroxylation is 1. The number of hydrogen-bond acceptors (Lipinski definition) is 3. The number of benzene rings is 3. The van der Waals surface area contributed by atoms with Gasteiger partial charge in [0.05, 0.1) is 18.1 Å². The maximum Gasteiger partial charge on any atom is 0.310 e. The monoisotopic (exact) mass is 423 g/mol. The van der Waals surface area contributed by atoms with Crippen molar-refractivity contribution in [3.05, 3.63) is 82.1 Å². The number of carbonyl (C=O) groups excluding carboxylic acids is 1. The van der Waals surface area contributed by atoms with E-state index in [1.165, 1.54) is 17.2 Å². The molecule has 0 unspecified atom stereocenters. The molecule has 3 aromatic carbocycles. The summed E-state index contributed by atoms with van der Waals surface area (Å²) in [6, 6.07) is 16.9. The molecule has 3 nitrogen and oxygen atoms in total. The highest BCUT2D eigenvalue weighted by molar-refractivity contribution is 6.31. The van der Waals surface area contributed by atoms with Gasteiger partial charge >= 0.3 is 5.97 Å². The van der Waals surface area contributed by atoms with Gasteiger partial charge in [0.25, 0.3) is 0 Å². The van der Waals surface area contributed by atoms with Crippen LogP contribution < -0.4 is 5.32 Å². The summed E-state index contributed by atoms with van der Waals surface area (Å²) in [5.41, 5.74) is 7.46. The molecule has 0 saturated carbocycles. The van der Waals surface area contributed by atoms with Gasteiger partial charge in [-0.25, -0.2) is 4.39 Å². The second-order valence-electron chi connectivity index (χ2n) is 7.45. The number of rotatable bonds is 6. The first-order chi connectivity index (χ1) is 14.5. The van der Waals surface area contributed by atoms with Gasteiger partial charge in [-0.05, 0) is 84.3 Å². The Morgan fingerprint density at radius 1 is 1.07 bits per heavy atom. The zero-order valence-electron chi connectivity index (χ0n) is 16.8. The summed E-state index contributed by atoms with van der Waals surface area (Å²) >= 11 is 6.00. The molecule has 0 saturated heterocycles. The largest absolute Gasteiger partial charge is 0.466 e. The lowest BCUT2D eigenvalue weighted by Gasteiger charge is -2.15. The van der Waals surface area contributed by atoms with Crippen LogP contribution in [0.2, 0.25) is 5.02 Å². The van der Waals surface area contributed by atoms with E-state index < -0.39 is 5.82 Å². The number of esters is 1. The van der Waals surface area contributed by atoms with Crippen LogP contribution in [-0.4, -0.2) is 12.6 Å². The Labute approximate surface area is 180 Å². The predicted octanol–water partition coefficient (Wildman–Crippen LogP) is 6.48. The van der Waals surface area contributed by atoms with E-state index in [1.807, 2.05) is 24.3 Å². The Kier molecular flexibility index (Phi) is 6.05. The van der Waals surface area contributed by atoms with E-state index in [-0.39, 0.29) is 17.4 Å². The van der Waals surface area contributed by atoms with Gasteiger partial charge in [0, 0.05) is 11.4 Å². The molecule has 0 heterocycles. The van der Waals surface area contributed by atoms with Crippen LogP contribution in [0.5, 0.6) is 0 Å². The fourth-order valence-electron chi connectivity index (χ4n) is 3.90. The minimum Gasteiger partial charge on any atom is -0.466 e. The Morgan fingerprint density at radius 2 is 1.87 bits per heavy atom. The quantitative estimate of drug-likeness (QED) is 0.461. The smallest absolute Gasteiger partial charge is 0.310 e. The number of ether oxygens (including phenoxy) is 1. The lowest BCUT2D eigenvalue weighted by atomic mass is 9.98. The van der Waals surface area contributed by atoms with Crippen molar-refractivity contribution in [2.24, 2.45) is 0 Å². The van der Waals surface area contributed by atoms with Gasteiger partial charge in [0.2, 0.25) is 0 Å². The molecule has 1 N–H and O–H groups in total. The standard InChI is InChI=1S/C25H23ClFNO2/c1-2-30-25(29)12-16-6-9-20(10-7-16)28-24-15-19(13-18-4-3-5-21(18)24)17-8-11-23(27)22(26)14-17/h6-11,13-15,28H,2-5,12H2,1H3. The van der Waals surface area contributed by atoms with Crippen molar-refractivity contribution < 1.29 is 13.9 Å². The van der Waals surface area contributed by atoms with Crippen molar-refractivity contribution in [1.82, 2.24) is 0 Å². The summed E-state index contributed by atoms with van der Waals surface area (Å²) in [6.45, 7) is 2.19. The SMILES string of the molecule is CCOC(=O)Cc1ccc(Nc2cc(-c3ccc(F)c(Cl)c3)cc3c2CCC3)cc1. The van der Waals surface area contributed by atoms with E-state index in [2.05, 4.69) is 17.4 Å². The summed E-state index contributed by atoms with van der Waals surface area (Å²) in [5, 5.41) is 3.65. The fraction of sp³-hybridized carbons (Fsp3) is 0.240. The summed E-state index contributed by atoms with van der Waals surface area (Å²) in [4.78, 5) is 11.7. The van der Waals surface area contributed by atoms with Crippen LogP contribution in [-0.2, 0) is 28.8 Å². The van der Waals surface area contributed by atoms with E-state index in [1.54, 1.807) is 19.1 Å². The molecule has 5 heteroatoms. The minimum atomic E-state index is -0.414. The van der Waals surface area contributed by atoms with Gasteiger partial charge in [0.1, 0.15) is 5.82 Å². The van der Waals surface area contributed by atoms with Crippen LogP contribution >= 0.6 is 11.6 Å². The molecule has 1 aliphatic rings. The third-order valence-electron chi connectivity index (χ3n) is 5.35. The number of carbonyl (C=O) groups is 1. The van der Waals surface area contributed by atoms with E-state index in [0.717, 1.165) is 47.3 Å². The van der Waals surface area contributed by atoms with E-state index in [9.17, 15) is 9.18 Å². The first-order valence-electron chi connectivity index (χ1n) is 10.2. The first-order valence-corrected chi connectivity index (χ1v) is 10.5. The second-order valence-corrected chi connectivity index (χ2v) is 7.85. The lowest BCUT2D eigenvalue weighted by Crippen LogP contribution is -2.07. The Bertz CT molecular complexity index is 1080. The summed E-state index contributed by atoms with van der Waals surface area (Å²) in [5.74, 6) is -0.635. The van der Waals surface area contributed by atoms with Crippen molar-refractivity contribution in [3.63, 3.8) is 0 Å². The lowest BCUT2D eigenvalue weighted by molar-refractivity contribution is -0.142. The van der Waals surface area contributed by atoms with Crippen molar-refractivity contribution in [2.45, 2.75) is 32.6 Å². The molecule has 1 aliphatic carbocycles. The second kappa shape index (κ2) is 8.88. The number of fused-ring (bicyclic) bond motifs is 1. The molecule has 0 spiro atoms. The van der Waals surface area contributed by atoms with Crippen molar-refractivity contribution in [3.8, 4) is 11.1 Å². The van der Waals surface area contributed by atoms with Gasteiger partial charge < -0.3 is 10.1 Å². The molecule has 0 fully saturated rings. The summed E-state index contributed by atoms with van der Waals surface area (Å²) < 4.78 is 18.6. The van der Waals surface area contributed by atoms with Crippen LogP contribution in [0.4, 0.5) is 15.8 Å². The Hall–Kier alpha value is -2.85. The van der Waals surface area contributed by atoms with Crippen LogP contribution in [0, 0.1) is 5.82 Å². The third kappa shape index (κ3) is 4.49. The molecule has 0 aliphatic heterocycles. The molecule has 154 valence electrons. The van der Waals surface area contributed by atoms with Crippen LogP contribution in [0.15, 0.2) is 54.6 Å². The maximum atomic E-state index is 13.6. The van der Waals surface area contributed by atoms with Gasteiger partial charge in [-0.2, -0.15) is 0 Å². The molecule has 30 heavy (non-hydrogen) atoms. The van der Waals surface area contributed by atoms with Crippen molar-refractivity contribution in [2.75, 3.05) is 11.9 Å². The highest BCUT2D eigenvalue weighted by Gasteiger charge is 2.17. The number of hydrogen-bond donors (Lipinski definition) is 1. The van der Waals surface area contributed by atoms with Gasteiger partial charge in [0.15, 0.2) is 0 Å². The molecule has 0 amide bonds. The average molecular weight is 424 g/mol. The number of nitrogens with one attached hydrogen (secondary N) is 1. The maximum absolute atomic E-state index is 13.6. The first kappa shape index (κ1) is 20.4. The summed E-state index contributed by atoms with van der Waals surface area (Å²) in [7, 11) is 0. The predicted molar refractivity (Wildman–Crippen MR) is 119 cm³/mol. The highest BCUT2D eigenvalue weighted by atomic mass is 35.5. The topological polar surface area (TPSA) is 38.3 Å². The van der Waals surface area contributed by atoms with Crippen LogP contribution in [0.25, 0.3) is 11.1 Å². The Morgan fingerprint density at radius 3 is 2.60 bits per heavy atom. The van der Waals surface area contributed by atoms with Crippen molar-refractivity contribution >= 4 is 28.9 Å². The van der Waals surface area contributed by atoms with Crippen molar-refractivity contribution in [1.29, 1.82) is 0 Å². The fourth-order valence-corrected chi connectivity index (χ4v) is 4.08. The highest BCUT2D eigenvalue weighted by Crippen LogP contribution is 2.36. The van der Waals surface area contributed by atoms with Crippen LogP contribution in [0.3, 0.4) is 0 Å². The van der Waals surface area contributed by atoms with Gasteiger partial charge in [-0.1, -0.05) is 35.9 Å². The molecule has 3 aromatic rings. The third-order valence-corrected chi connectivity index (χ3v) is 5.64. The average Bonchev–Trinajstić information content (AvgIpc) is 3.21. The molecule has 0 radical (unpaired) electrons. The van der Waals surface area contributed by atoms with E-state index in [0.29, 0.717) is 6.61 Å². The Balaban J connectivity index is 1.60. The summed E-state index contributed by atoms with van der Waals surface area (Å²) in [6.07, 6.45) is 3.45. The molecule has 4 rings (SSSR count). The number of anilines is 2. The molecule has 0 aromatic heterocycles. The van der Waals surface area contributed by atoms with Gasteiger partial charge in [-0.3, -0.25) is 4.79 Å². The van der Waals surface area contributed by atoms with E-state index in [4.69, 9.17) is 16.3 Å². The van der Waals surface area contributed by atoms with Crippen LogP contribution in [0.1, 0.15) is 30.0 Å². The molecular weight excluding hydrogens is 401 g/mol. The number of halogens is 2. The zero-order valence-corrected chi connectivity index (χ0v) is 17.6. The van der Waals surface area contributed by atoms with E-state index >= 15 is 0 Å². The van der Waals surface area contributed by atoms with Gasteiger partial charge in [-0.15, -0.1) is 0 Å². The molecular formula is C25H23ClFNO2. The molecule has 0 bridgehead atoms. The molecule has 0 atom stereocenters. The zero-order chi connectivity index (χ0) is 21.1. The normalized spacial score (nSPS) is 12.5.